The number of carbonyl (C=O) groups is 1. The Kier molecular flexibility index (Phi) is 3.92. The molecular weight excluding hydrogens is 174 g/mol. The molecule has 1 amide bonds. The fraction of sp³-hybridized carbons (Fsp3) is 0.250. The molecule has 1 N–H and O–H groups in total. The Bertz CT molecular complexity index is 316. The van der Waals surface area contributed by atoms with Crippen molar-refractivity contribution < 1.29 is 4.79 Å². The molecule has 0 saturated carbocycles. The Morgan fingerprint density at radius 3 is 2.50 bits per heavy atom. The fourth-order valence-electron chi connectivity index (χ4n) is 1.31. The summed E-state index contributed by atoms with van der Waals surface area (Å²) >= 11 is 0. The van der Waals surface area contributed by atoms with Crippen LogP contribution in [0.25, 0.3) is 0 Å². The van der Waals surface area contributed by atoms with Gasteiger partial charge in [-0.2, -0.15) is 0 Å². The minimum Gasteiger partial charge on any atom is -0.346 e. The van der Waals surface area contributed by atoms with E-state index in [1.54, 1.807) is 0 Å². The van der Waals surface area contributed by atoms with E-state index >= 15 is 0 Å². The summed E-state index contributed by atoms with van der Waals surface area (Å²) in [6, 6.07) is 9.88. The molecule has 2 nitrogen and oxygen atoms in total. The van der Waals surface area contributed by atoms with E-state index in [0.717, 1.165) is 5.56 Å². The lowest BCUT2D eigenvalue weighted by Gasteiger charge is -2.13. The van der Waals surface area contributed by atoms with Crippen LogP contribution in [-0.2, 0) is 4.79 Å². The van der Waals surface area contributed by atoms with Gasteiger partial charge in [-0.1, -0.05) is 42.5 Å². The second-order valence-corrected chi connectivity index (χ2v) is 3.11. The van der Waals surface area contributed by atoms with E-state index in [0.29, 0.717) is 0 Å². The summed E-state index contributed by atoms with van der Waals surface area (Å²) < 4.78 is 0. The maximum Gasteiger partial charge on any atom is 0.217 e. The molecule has 0 unspecified atom stereocenters. The zero-order valence-corrected chi connectivity index (χ0v) is 8.53. The van der Waals surface area contributed by atoms with E-state index in [4.69, 9.17) is 0 Å². The van der Waals surface area contributed by atoms with Gasteiger partial charge in [-0.05, 0) is 12.5 Å². The van der Waals surface area contributed by atoms with Crippen LogP contribution in [0, 0.1) is 0 Å². The molecule has 0 radical (unpaired) electrons. The van der Waals surface area contributed by atoms with Crippen LogP contribution in [0.2, 0.25) is 0 Å². The summed E-state index contributed by atoms with van der Waals surface area (Å²) in [6.45, 7) is 3.47. The van der Waals surface area contributed by atoms with E-state index in [2.05, 4.69) is 5.32 Å². The average Bonchev–Trinajstić information content (AvgIpc) is 2.18. The van der Waals surface area contributed by atoms with Crippen molar-refractivity contribution in [1.29, 1.82) is 0 Å². The molecule has 2 heteroatoms. The van der Waals surface area contributed by atoms with Gasteiger partial charge in [-0.3, -0.25) is 4.79 Å². The topological polar surface area (TPSA) is 29.1 Å². The van der Waals surface area contributed by atoms with Crippen LogP contribution >= 0.6 is 0 Å². The lowest BCUT2D eigenvalue weighted by Crippen LogP contribution is -2.24. The minimum atomic E-state index is -0.0167. The quantitative estimate of drug-likeness (QED) is 0.727. The summed E-state index contributed by atoms with van der Waals surface area (Å²) in [4.78, 5) is 11.0. The van der Waals surface area contributed by atoms with Gasteiger partial charge in [0, 0.05) is 6.92 Å². The number of allylic oxidation sites excluding steroid dienone is 1. The predicted octanol–water partition coefficient (Wildman–Crippen LogP) is 2.44. The van der Waals surface area contributed by atoms with Crippen LogP contribution in [0.3, 0.4) is 0 Å². The molecule has 1 atom stereocenters. The Balaban J connectivity index is 2.83. The van der Waals surface area contributed by atoms with Gasteiger partial charge in [0.1, 0.15) is 0 Å². The number of amides is 1. The van der Waals surface area contributed by atoms with Crippen LogP contribution in [0.5, 0.6) is 0 Å². The molecule has 0 spiro atoms. The van der Waals surface area contributed by atoms with Gasteiger partial charge in [0.15, 0.2) is 0 Å². The molecule has 74 valence electrons. The van der Waals surface area contributed by atoms with Gasteiger partial charge >= 0.3 is 0 Å². The molecule has 0 aliphatic carbocycles. The van der Waals surface area contributed by atoms with Crippen molar-refractivity contribution in [2.24, 2.45) is 0 Å². The Hall–Kier alpha value is -1.57. The molecule has 0 aromatic heterocycles. The second kappa shape index (κ2) is 5.22. The maximum atomic E-state index is 11.0. The lowest BCUT2D eigenvalue weighted by molar-refractivity contribution is -0.119. The number of hydrogen-bond donors (Lipinski definition) is 1. The number of rotatable bonds is 3. The molecule has 1 rings (SSSR count). The van der Waals surface area contributed by atoms with Crippen molar-refractivity contribution in [3.63, 3.8) is 0 Å². The third-order valence-corrected chi connectivity index (χ3v) is 1.90. The smallest absolute Gasteiger partial charge is 0.217 e. The Morgan fingerprint density at radius 1 is 1.36 bits per heavy atom. The summed E-state index contributed by atoms with van der Waals surface area (Å²) in [5.41, 5.74) is 1.10. The molecular formula is C12H15NO. The lowest BCUT2D eigenvalue weighted by atomic mass is 10.1. The molecule has 0 aliphatic rings. The van der Waals surface area contributed by atoms with Gasteiger partial charge in [0.25, 0.3) is 0 Å². The Morgan fingerprint density at radius 2 is 2.00 bits per heavy atom. The molecule has 0 bridgehead atoms. The molecule has 1 aromatic carbocycles. The highest BCUT2D eigenvalue weighted by Gasteiger charge is 2.06. The van der Waals surface area contributed by atoms with Gasteiger partial charge in [0.05, 0.1) is 6.04 Å². The van der Waals surface area contributed by atoms with Crippen molar-refractivity contribution in [1.82, 2.24) is 5.32 Å². The van der Waals surface area contributed by atoms with Crippen LogP contribution < -0.4 is 5.32 Å². The van der Waals surface area contributed by atoms with Crippen LogP contribution in [-0.4, -0.2) is 5.91 Å². The predicted molar refractivity (Wildman–Crippen MR) is 57.8 cm³/mol. The van der Waals surface area contributed by atoms with E-state index in [1.165, 1.54) is 6.92 Å². The zero-order chi connectivity index (χ0) is 10.4. The number of carbonyl (C=O) groups excluding carboxylic acids is 1. The zero-order valence-electron chi connectivity index (χ0n) is 8.53. The molecule has 0 heterocycles. The monoisotopic (exact) mass is 189 g/mol. The minimum absolute atomic E-state index is 0.0151. The van der Waals surface area contributed by atoms with Crippen LogP contribution in [0.4, 0.5) is 0 Å². The maximum absolute atomic E-state index is 11.0. The van der Waals surface area contributed by atoms with Crippen molar-refractivity contribution in [3.8, 4) is 0 Å². The molecule has 14 heavy (non-hydrogen) atoms. The van der Waals surface area contributed by atoms with Gasteiger partial charge in [-0.25, -0.2) is 0 Å². The van der Waals surface area contributed by atoms with Crippen molar-refractivity contribution in [2.45, 2.75) is 19.9 Å². The highest BCUT2D eigenvalue weighted by Crippen LogP contribution is 2.13. The summed E-state index contributed by atoms with van der Waals surface area (Å²) in [6.07, 6.45) is 3.91. The molecule has 1 aromatic rings. The summed E-state index contributed by atoms with van der Waals surface area (Å²) in [5, 5.41) is 2.87. The first-order valence-corrected chi connectivity index (χ1v) is 4.69. The van der Waals surface area contributed by atoms with Crippen LogP contribution in [0.15, 0.2) is 42.5 Å². The van der Waals surface area contributed by atoms with Gasteiger partial charge in [0.2, 0.25) is 5.91 Å². The first kappa shape index (κ1) is 10.5. The summed E-state index contributed by atoms with van der Waals surface area (Å²) in [7, 11) is 0. The van der Waals surface area contributed by atoms with E-state index < -0.39 is 0 Å². The van der Waals surface area contributed by atoms with Crippen molar-refractivity contribution >= 4 is 5.91 Å². The second-order valence-electron chi connectivity index (χ2n) is 3.11. The largest absolute Gasteiger partial charge is 0.346 e. The highest BCUT2D eigenvalue weighted by molar-refractivity contribution is 5.73. The number of benzene rings is 1. The normalized spacial score (nSPS) is 12.7. The first-order chi connectivity index (χ1) is 6.74. The molecule has 0 aliphatic heterocycles. The standard InChI is InChI=1S/C12H15NO/c1-3-7-12(13-10(2)14)11-8-5-4-6-9-11/h3-9,12H,1-2H3,(H,13,14)/b7-3+/t12-/m1/s1. The number of hydrogen-bond acceptors (Lipinski definition) is 1. The van der Waals surface area contributed by atoms with Crippen LogP contribution in [0.1, 0.15) is 25.5 Å². The van der Waals surface area contributed by atoms with Crippen molar-refractivity contribution in [3.05, 3.63) is 48.0 Å². The van der Waals surface area contributed by atoms with Crippen molar-refractivity contribution in [2.75, 3.05) is 0 Å². The molecule has 0 fully saturated rings. The summed E-state index contributed by atoms with van der Waals surface area (Å²) in [5.74, 6) is -0.0167. The van der Waals surface area contributed by atoms with Gasteiger partial charge in [-0.15, -0.1) is 0 Å². The fourth-order valence-corrected chi connectivity index (χ4v) is 1.31. The van der Waals surface area contributed by atoms with E-state index in [1.807, 2.05) is 49.4 Å². The highest BCUT2D eigenvalue weighted by atomic mass is 16.1. The third kappa shape index (κ3) is 3.05. The first-order valence-electron chi connectivity index (χ1n) is 4.69. The average molecular weight is 189 g/mol. The SMILES string of the molecule is C/C=C/[C@@H](NC(C)=O)c1ccccc1. The molecule has 0 saturated heterocycles. The third-order valence-electron chi connectivity index (χ3n) is 1.90. The number of nitrogens with one attached hydrogen (secondary N) is 1. The van der Waals surface area contributed by atoms with E-state index in [-0.39, 0.29) is 11.9 Å². The Labute approximate surface area is 84.6 Å². The van der Waals surface area contributed by atoms with E-state index in [9.17, 15) is 4.79 Å². The van der Waals surface area contributed by atoms with Gasteiger partial charge < -0.3 is 5.32 Å².